The van der Waals surface area contributed by atoms with E-state index < -0.39 is 35.7 Å². The summed E-state index contributed by atoms with van der Waals surface area (Å²) in [6, 6.07) is 3.77. The number of amidine groups is 1. The molecule has 144 valence electrons. The van der Waals surface area contributed by atoms with Crippen molar-refractivity contribution in [2.24, 2.45) is 16.5 Å². The summed E-state index contributed by atoms with van der Waals surface area (Å²) in [6.45, 7) is 0.00848. The van der Waals surface area contributed by atoms with Crippen LogP contribution in [-0.4, -0.2) is 16.9 Å². The van der Waals surface area contributed by atoms with Crippen LogP contribution in [0.4, 0.5) is 32.4 Å². The molecule has 0 aliphatic rings. The van der Waals surface area contributed by atoms with Gasteiger partial charge in [0.1, 0.15) is 11.5 Å². The molecule has 6 nitrogen and oxygen atoms in total. The Kier molecular flexibility index (Phi) is 6.05. The monoisotopic (exact) mass is 387 g/mol. The van der Waals surface area contributed by atoms with Gasteiger partial charge in [0.15, 0.2) is 0 Å². The van der Waals surface area contributed by atoms with Gasteiger partial charge in [0.05, 0.1) is 5.56 Å². The van der Waals surface area contributed by atoms with Crippen molar-refractivity contribution in [3.63, 3.8) is 0 Å². The Morgan fingerprint density at radius 1 is 1.22 bits per heavy atom. The number of nitrogens with zero attached hydrogens (tertiary/aromatic N) is 2. The Balaban J connectivity index is 2.22. The van der Waals surface area contributed by atoms with Gasteiger partial charge in [-0.05, 0) is 35.9 Å². The minimum absolute atomic E-state index is 0.00848. The number of hydrogen-bond donors (Lipinski definition) is 3. The number of urea groups is 1. The third-order valence-corrected chi connectivity index (χ3v) is 3.38. The molecule has 0 fully saturated rings. The molecule has 0 aliphatic heterocycles. The van der Waals surface area contributed by atoms with E-state index in [1.165, 1.54) is 6.07 Å². The van der Waals surface area contributed by atoms with Crippen LogP contribution in [0, 0.1) is 0 Å². The summed E-state index contributed by atoms with van der Waals surface area (Å²) in [4.78, 5) is 18.9. The number of aliphatic imine (C=N–C) groups is 1. The molecule has 0 radical (unpaired) electrons. The summed E-state index contributed by atoms with van der Waals surface area (Å²) in [6.07, 6.45) is -6.32. The number of benzene rings is 1. The highest BCUT2D eigenvalue weighted by atomic mass is 19.4. The van der Waals surface area contributed by atoms with Crippen molar-refractivity contribution in [1.82, 2.24) is 4.98 Å². The van der Waals surface area contributed by atoms with E-state index in [0.717, 1.165) is 30.5 Å². The van der Waals surface area contributed by atoms with Crippen LogP contribution in [0.25, 0.3) is 0 Å². The Morgan fingerprint density at radius 2 is 1.85 bits per heavy atom. The Bertz CT molecular complexity index is 849. The number of carbonyl (C=O) groups excluding carboxylic acids is 1. The Hall–Kier alpha value is -3.08. The van der Waals surface area contributed by atoms with Crippen LogP contribution in [0.2, 0.25) is 0 Å². The van der Waals surface area contributed by atoms with Crippen LogP contribution >= 0.6 is 0 Å². The second-order valence-corrected chi connectivity index (χ2v) is 5.28. The van der Waals surface area contributed by atoms with Crippen LogP contribution in [0.3, 0.4) is 0 Å². The Morgan fingerprint density at radius 3 is 2.37 bits per heavy atom. The number of anilines is 1. The van der Waals surface area contributed by atoms with E-state index in [0.29, 0.717) is 5.56 Å². The number of hydrogen-bond acceptors (Lipinski definition) is 3. The molecule has 27 heavy (non-hydrogen) atoms. The molecule has 0 spiro atoms. The molecule has 0 aliphatic carbocycles. The van der Waals surface area contributed by atoms with Crippen LogP contribution in [0.15, 0.2) is 41.5 Å². The van der Waals surface area contributed by atoms with Crippen molar-refractivity contribution in [2.75, 3.05) is 5.32 Å². The molecule has 1 aromatic carbocycles. The van der Waals surface area contributed by atoms with Gasteiger partial charge in [-0.25, -0.2) is 13.6 Å². The Labute approximate surface area is 150 Å². The molecule has 1 aromatic heterocycles. The van der Waals surface area contributed by atoms with E-state index in [1.54, 1.807) is 0 Å². The van der Waals surface area contributed by atoms with Crippen LogP contribution < -0.4 is 16.8 Å². The van der Waals surface area contributed by atoms with Gasteiger partial charge in [-0.15, -0.1) is 0 Å². The number of halogens is 5. The molecule has 2 rings (SSSR count). The SMILES string of the molecule is NCc1cnc(C(F)F)c(/C(N)=N/C(=O)Nc2ccc(C(F)(F)F)cc2)c1. The van der Waals surface area contributed by atoms with Gasteiger partial charge in [-0.2, -0.15) is 18.2 Å². The van der Waals surface area contributed by atoms with Gasteiger partial charge >= 0.3 is 12.2 Å². The van der Waals surface area contributed by atoms with E-state index in [4.69, 9.17) is 11.5 Å². The zero-order valence-corrected chi connectivity index (χ0v) is 13.6. The number of carbonyl (C=O) groups is 1. The third kappa shape index (κ3) is 5.20. The number of aromatic nitrogens is 1. The van der Waals surface area contributed by atoms with Crippen LogP contribution in [0.1, 0.15) is 28.8 Å². The molecule has 2 amide bonds. The summed E-state index contributed by atoms with van der Waals surface area (Å²) in [7, 11) is 0. The predicted octanol–water partition coefficient (Wildman–Crippen LogP) is 3.43. The number of nitrogens with two attached hydrogens (primary N) is 2. The first-order valence-electron chi connectivity index (χ1n) is 7.41. The maximum atomic E-state index is 13.0. The minimum Gasteiger partial charge on any atom is -0.383 e. The summed E-state index contributed by atoms with van der Waals surface area (Å²) in [5, 5.41) is 2.19. The molecule has 0 saturated carbocycles. The van der Waals surface area contributed by atoms with E-state index in [2.05, 4.69) is 15.3 Å². The van der Waals surface area contributed by atoms with Gasteiger partial charge in [0.25, 0.3) is 6.43 Å². The van der Waals surface area contributed by atoms with Gasteiger partial charge in [0, 0.05) is 24.0 Å². The predicted molar refractivity (Wildman–Crippen MR) is 88.3 cm³/mol. The number of alkyl halides is 5. The maximum Gasteiger partial charge on any atom is 0.416 e. The summed E-state index contributed by atoms with van der Waals surface area (Å²) < 4.78 is 63.6. The molecule has 1 heterocycles. The minimum atomic E-state index is -4.52. The first-order valence-corrected chi connectivity index (χ1v) is 7.41. The van der Waals surface area contributed by atoms with Gasteiger partial charge < -0.3 is 16.8 Å². The summed E-state index contributed by atoms with van der Waals surface area (Å²) in [5.74, 6) is -0.530. The van der Waals surface area contributed by atoms with E-state index in [9.17, 15) is 26.7 Å². The van der Waals surface area contributed by atoms with Crippen molar-refractivity contribution in [3.05, 3.63) is 58.9 Å². The highest BCUT2D eigenvalue weighted by Crippen LogP contribution is 2.29. The topological polar surface area (TPSA) is 106 Å². The number of amides is 2. The second-order valence-electron chi connectivity index (χ2n) is 5.28. The molecule has 2 aromatic rings. The standard InChI is InChI=1S/C16H14F5N5O/c17-13(18)12-11(5-8(6-22)7-24-12)14(23)26-15(27)25-10-3-1-9(2-4-10)16(19,20)21/h1-5,7,13H,6,22H2,(H3,23,25,26,27). The molecule has 0 bridgehead atoms. The van der Waals surface area contributed by atoms with Crippen LogP contribution in [0.5, 0.6) is 0 Å². The lowest BCUT2D eigenvalue weighted by atomic mass is 10.1. The number of pyridine rings is 1. The maximum absolute atomic E-state index is 13.0. The fourth-order valence-corrected chi connectivity index (χ4v) is 2.07. The number of nitrogens with one attached hydrogen (secondary N) is 1. The quantitative estimate of drug-likeness (QED) is 0.424. The van der Waals surface area contributed by atoms with Crippen LogP contribution in [-0.2, 0) is 12.7 Å². The van der Waals surface area contributed by atoms with E-state index >= 15 is 0 Å². The fourth-order valence-electron chi connectivity index (χ4n) is 2.07. The van der Waals surface area contributed by atoms with E-state index in [-0.39, 0.29) is 17.8 Å². The normalized spacial score (nSPS) is 12.3. The zero-order chi connectivity index (χ0) is 20.2. The summed E-state index contributed by atoms with van der Waals surface area (Å²) in [5.41, 5.74) is 9.64. The zero-order valence-electron chi connectivity index (χ0n) is 13.6. The van der Waals surface area contributed by atoms with Crippen molar-refractivity contribution >= 4 is 17.6 Å². The molecular weight excluding hydrogens is 373 g/mol. The second kappa shape index (κ2) is 8.08. The lowest BCUT2D eigenvalue weighted by molar-refractivity contribution is -0.137. The first-order chi connectivity index (χ1) is 12.6. The van der Waals surface area contributed by atoms with Crippen molar-refractivity contribution in [2.45, 2.75) is 19.1 Å². The van der Waals surface area contributed by atoms with Gasteiger partial charge in [-0.1, -0.05) is 0 Å². The molecule has 11 heteroatoms. The van der Waals surface area contributed by atoms with Gasteiger partial charge in [0.2, 0.25) is 0 Å². The third-order valence-electron chi connectivity index (χ3n) is 3.38. The lowest BCUT2D eigenvalue weighted by Gasteiger charge is -2.10. The van der Waals surface area contributed by atoms with Crippen molar-refractivity contribution < 1.29 is 26.7 Å². The average molecular weight is 387 g/mol. The lowest BCUT2D eigenvalue weighted by Crippen LogP contribution is -2.21. The molecular formula is C16H14F5N5O. The number of rotatable bonds is 4. The largest absolute Gasteiger partial charge is 0.416 e. The van der Waals surface area contributed by atoms with E-state index in [1.807, 2.05) is 0 Å². The highest BCUT2D eigenvalue weighted by Gasteiger charge is 2.30. The molecule has 0 unspecified atom stereocenters. The van der Waals surface area contributed by atoms with Gasteiger partial charge in [-0.3, -0.25) is 4.98 Å². The van der Waals surface area contributed by atoms with Crippen molar-refractivity contribution in [3.8, 4) is 0 Å². The van der Waals surface area contributed by atoms with Crippen molar-refractivity contribution in [1.29, 1.82) is 0 Å². The fraction of sp³-hybridized carbons (Fsp3) is 0.188. The first kappa shape index (κ1) is 20.2. The smallest absolute Gasteiger partial charge is 0.383 e. The average Bonchev–Trinajstić information content (AvgIpc) is 2.60. The highest BCUT2D eigenvalue weighted by molar-refractivity contribution is 6.07. The summed E-state index contributed by atoms with van der Waals surface area (Å²) >= 11 is 0. The molecule has 0 atom stereocenters. The molecule has 0 saturated heterocycles. The molecule has 5 N–H and O–H groups in total.